The normalized spacial score (nSPS) is 18.2. The molecular weight excluding hydrogens is 246 g/mol. The number of nitrogens with one attached hydrogen (secondary N) is 1. The molecule has 2 rings (SSSR count). The van der Waals surface area contributed by atoms with E-state index >= 15 is 0 Å². The molecule has 1 saturated heterocycles. The van der Waals surface area contributed by atoms with Crippen LogP contribution in [0.3, 0.4) is 0 Å². The largest absolute Gasteiger partial charge is 0.496 e. The fourth-order valence-corrected chi connectivity index (χ4v) is 2.20. The summed E-state index contributed by atoms with van der Waals surface area (Å²) < 4.78 is 21.7. The van der Waals surface area contributed by atoms with Crippen LogP contribution in [-0.4, -0.2) is 40.5 Å². The Labute approximate surface area is 113 Å². The Balaban J connectivity index is 2.16. The molecular formula is C14H21NO4. The van der Waals surface area contributed by atoms with Crippen molar-refractivity contribution in [2.75, 3.05) is 34.5 Å². The molecule has 0 bridgehead atoms. The van der Waals surface area contributed by atoms with Crippen LogP contribution in [0.4, 0.5) is 0 Å². The van der Waals surface area contributed by atoms with Gasteiger partial charge in [0.2, 0.25) is 5.75 Å². The number of hydrogen-bond acceptors (Lipinski definition) is 5. The van der Waals surface area contributed by atoms with E-state index in [1.807, 2.05) is 0 Å². The molecule has 19 heavy (non-hydrogen) atoms. The molecule has 5 heteroatoms. The van der Waals surface area contributed by atoms with Crippen LogP contribution < -0.4 is 24.3 Å². The van der Waals surface area contributed by atoms with Crippen molar-refractivity contribution < 1.29 is 18.9 Å². The van der Waals surface area contributed by atoms with Crippen LogP contribution >= 0.6 is 0 Å². The highest BCUT2D eigenvalue weighted by Crippen LogP contribution is 2.41. The van der Waals surface area contributed by atoms with Gasteiger partial charge in [-0.1, -0.05) is 0 Å². The van der Waals surface area contributed by atoms with Gasteiger partial charge in [0.05, 0.1) is 21.3 Å². The van der Waals surface area contributed by atoms with E-state index in [1.54, 1.807) is 33.5 Å². The standard InChI is InChI=1S/C14H21NO4/c1-16-11-7-12(17-2)14(13(8-11)18-3)19-9-10-5-4-6-15-10/h7-8,10,15H,4-6,9H2,1-3H3. The van der Waals surface area contributed by atoms with Crippen molar-refractivity contribution in [1.82, 2.24) is 5.32 Å². The maximum atomic E-state index is 5.87. The Kier molecular flexibility index (Phi) is 4.74. The Morgan fingerprint density at radius 2 is 1.79 bits per heavy atom. The minimum absolute atomic E-state index is 0.400. The first-order valence-electron chi connectivity index (χ1n) is 6.44. The molecule has 1 heterocycles. The molecule has 0 radical (unpaired) electrons. The van der Waals surface area contributed by atoms with Crippen molar-refractivity contribution in [3.63, 3.8) is 0 Å². The maximum Gasteiger partial charge on any atom is 0.203 e. The predicted molar refractivity (Wildman–Crippen MR) is 72.6 cm³/mol. The molecule has 1 aliphatic heterocycles. The molecule has 0 spiro atoms. The van der Waals surface area contributed by atoms with Gasteiger partial charge in [-0.05, 0) is 19.4 Å². The zero-order valence-electron chi connectivity index (χ0n) is 11.7. The summed E-state index contributed by atoms with van der Waals surface area (Å²) in [5, 5.41) is 3.39. The summed E-state index contributed by atoms with van der Waals surface area (Å²) in [5.41, 5.74) is 0. The molecule has 1 atom stereocenters. The van der Waals surface area contributed by atoms with Gasteiger partial charge in [-0.3, -0.25) is 0 Å². The summed E-state index contributed by atoms with van der Waals surface area (Å²) in [6.45, 7) is 1.67. The van der Waals surface area contributed by atoms with Crippen LogP contribution in [0.25, 0.3) is 0 Å². The summed E-state index contributed by atoms with van der Waals surface area (Å²) in [4.78, 5) is 0. The first-order valence-corrected chi connectivity index (χ1v) is 6.44. The summed E-state index contributed by atoms with van der Waals surface area (Å²) in [6.07, 6.45) is 2.34. The zero-order chi connectivity index (χ0) is 13.7. The van der Waals surface area contributed by atoms with E-state index in [0.29, 0.717) is 35.6 Å². The Morgan fingerprint density at radius 3 is 2.26 bits per heavy atom. The van der Waals surface area contributed by atoms with E-state index in [2.05, 4.69) is 5.32 Å². The lowest BCUT2D eigenvalue weighted by molar-refractivity contribution is 0.247. The quantitative estimate of drug-likeness (QED) is 0.852. The number of benzene rings is 1. The number of hydrogen-bond donors (Lipinski definition) is 1. The van der Waals surface area contributed by atoms with Gasteiger partial charge in [-0.15, -0.1) is 0 Å². The van der Waals surface area contributed by atoms with Gasteiger partial charge < -0.3 is 24.3 Å². The average molecular weight is 267 g/mol. The fourth-order valence-electron chi connectivity index (χ4n) is 2.20. The van der Waals surface area contributed by atoms with Gasteiger partial charge in [-0.2, -0.15) is 0 Å². The summed E-state index contributed by atoms with van der Waals surface area (Å²) in [7, 11) is 4.82. The first kappa shape index (κ1) is 13.8. The fraction of sp³-hybridized carbons (Fsp3) is 0.571. The topological polar surface area (TPSA) is 49.0 Å². The molecule has 1 unspecified atom stereocenters. The maximum absolute atomic E-state index is 5.87. The lowest BCUT2D eigenvalue weighted by atomic mass is 10.2. The van der Waals surface area contributed by atoms with Crippen LogP contribution in [0.1, 0.15) is 12.8 Å². The summed E-state index contributed by atoms with van der Waals surface area (Å²) in [6, 6.07) is 3.98. The second-order valence-corrected chi connectivity index (χ2v) is 4.47. The van der Waals surface area contributed by atoms with Gasteiger partial charge in [0.15, 0.2) is 11.5 Å². The summed E-state index contributed by atoms with van der Waals surface area (Å²) in [5.74, 6) is 2.54. The Morgan fingerprint density at radius 1 is 1.11 bits per heavy atom. The van der Waals surface area contributed by atoms with Crippen molar-refractivity contribution in [3.05, 3.63) is 12.1 Å². The van der Waals surface area contributed by atoms with Crippen molar-refractivity contribution in [2.45, 2.75) is 18.9 Å². The first-order chi connectivity index (χ1) is 9.28. The summed E-state index contributed by atoms with van der Waals surface area (Å²) >= 11 is 0. The van der Waals surface area contributed by atoms with E-state index in [9.17, 15) is 0 Å². The van der Waals surface area contributed by atoms with E-state index in [4.69, 9.17) is 18.9 Å². The van der Waals surface area contributed by atoms with E-state index < -0.39 is 0 Å². The Bertz CT molecular complexity index is 391. The third-order valence-corrected chi connectivity index (χ3v) is 3.26. The van der Waals surface area contributed by atoms with E-state index in [-0.39, 0.29) is 0 Å². The molecule has 106 valence electrons. The molecule has 1 N–H and O–H groups in total. The minimum atomic E-state index is 0.400. The van der Waals surface area contributed by atoms with Crippen LogP contribution in [0.2, 0.25) is 0 Å². The minimum Gasteiger partial charge on any atom is -0.496 e. The van der Waals surface area contributed by atoms with Gasteiger partial charge >= 0.3 is 0 Å². The predicted octanol–water partition coefficient (Wildman–Crippen LogP) is 1.84. The van der Waals surface area contributed by atoms with Gasteiger partial charge in [0, 0.05) is 18.2 Å². The van der Waals surface area contributed by atoms with Gasteiger partial charge in [0.1, 0.15) is 12.4 Å². The second-order valence-electron chi connectivity index (χ2n) is 4.47. The molecule has 1 aromatic carbocycles. The van der Waals surface area contributed by atoms with Gasteiger partial charge in [-0.25, -0.2) is 0 Å². The molecule has 1 aliphatic rings. The third kappa shape index (κ3) is 3.23. The molecule has 0 saturated carbocycles. The number of methoxy groups -OCH3 is 3. The number of ether oxygens (including phenoxy) is 4. The van der Waals surface area contributed by atoms with Crippen LogP contribution in [0.15, 0.2) is 12.1 Å². The van der Waals surface area contributed by atoms with E-state index in [1.165, 1.54) is 6.42 Å². The van der Waals surface area contributed by atoms with Crippen LogP contribution in [0.5, 0.6) is 23.0 Å². The molecule has 1 aromatic rings. The molecule has 5 nitrogen and oxygen atoms in total. The zero-order valence-corrected chi connectivity index (χ0v) is 11.7. The highest BCUT2D eigenvalue weighted by Gasteiger charge is 2.19. The second kappa shape index (κ2) is 6.52. The highest BCUT2D eigenvalue weighted by atomic mass is 16.5. The average Bonchev–Trinajstić information content (AvgIpc) is 2.97. The van der Waals surface area contributed by atoms with E-state index in [0.717, 1.165) is 13.0 Å². The molecule has 1 fully saturated rings. The highest BCUT2D eigenvalue weighted by molar-refractivity contribution is 5.55. The lowest BCUT2D eigenvalue weighted by Gasteiger charge is -2.18. The monoisotopic (exact) mass is 267 g/mol. The SMILES string of the molecule is COc1cc(OC)c(OCC2CCCN2)c(OC)c1. The smallest absolute Gasteiger partial charge is 0.203 e. The van der Waals surface area contributed by atoms with Crippen LogP contribution in [-0.2, 0) is 0 Å². The van der Waals surface area contributed by atoms with Crippen molar-refractivity contribution in [2.24, 2.45) is 0 Å². The molecule has 0 amide bonds. The van der Waals surface area contributed by atoms with Gasteiger partial charge in [0.25, 0.3) is 0 Å². The van der Waals surface area contributed by atoms with Crippen LogP contribution in [0, 0.1) is 0 Å². The van der Waals surface area contributed by atoms with Crippen molar-refractivity contribution >= 4 is 0 Å². The molecule has 0 aliphatic carbocycles. The molecule has 0 aromatic heterocycles. The Hall–Kier alpha value is -1.62. The lowest BCUT2D eigenvalue weighted by Crippen LogP contribution is -2.28. The van der Waals surface area contributed by atoms with Crippen molar-refractivity contribution in [3.8, 4) is 23.0 Å². The third-order valence-electron chi connectivity index (χ3n) is 3.26. The van der Waals surface area contributed by atoms with Crippen molar-refractivity contribution in [1.29, 1.82) is 0 Å². The number of rotatable bonds is 6.